The van der Waals surface area contributed by atoms with Gasteiger partial charge in [-0.15, -0.1) is 0 Å². The molecule has 0 aliphatic rings. The minimum Gasteiger partial charge on any atom is -0.459 e. The van der Waals surface area contributed by atoms with E-state index in [-0.39, 0.29) is 12.0 Å². The molecular weight excluding hydrogens is 182 g/mol. The molecule has 0 spiro atoms. The lowest BCUT2D eigenvalue weighted by atomic mass is 9.90. The third kappa shape index (κ3) is 4.84. The van der Waals surface area contributed by atoms with Crippen molar-refractivity contribution in [1.29, 1.82) is 0 Å². The summed E-state index contributed by atoms with van der Waals surface area (Å²) in [6.07, 6.45) is 0.941. The fourth-order valence-corrected chi connectivity index (χ4v) is 0.713. The highest BCUT2D eigenvalue weighted by atomic mass is 16.5. The zero-order valence-corrected chi connectivity index (χ0v) is 9.35. The number of hydrogen-bond donors (Lipinski definition) is 1. The van der Waals surface area contributed by atoms with Gasteiger partial charge in [0.25, 0.3) is 0 Å². The highest BCUT2D eigenvalue weighted by Crippen LogP contribution is 2.17. The van der Waals surface area contributed by atoms with Crippen molar-refractivity contribution in [3.8, 4) is 0 Å². The summed E-state index contributed by atoms with van der Waals surface area (Å²) in [5.74, 6) is -1.47. The molecule has 0 rings (SSSR count). The molecule has 0 unspecified atom stereocenters. The van der Waals surface area contributed by atoms with Crippen LogP contribution in [0.2, 0.25) is 0 Å². The van der Waals surface area contributed by atoms with Gasteiger partial charge in [0.1, 0.15) is 0 Å². The number of hydrogen-bond acceptors (Lipinski definition) is 3. The normalized spacial score (nSPS) is 10.9. The van der Waals surface area contributed by atoms with Gasteiger partial charge < -0.3 is 10.1 Å². The van der Waals surface area contributed by atoms with Crippen LogP contribution in [0.15, 0.2) is 0 Å². The maximum Gasteiger partial charge on any atom is 0.396 e. The van der Waals surface area contributed by atoms with Gasteiger partial charge in [-0.25, -0.2) is 4.79 Å². The van der Waals surface area contributed by atoms with Crippen molar-refractivity contribution < 1.29 is 14.3 Å². The van der Waals surface area contributed by atoms with Gasteiger partial charge >= 0.3 is 11.9 Å². The number of ether oxygens (including phenoxy) is 1. The van der Waals surface area contributed by atoms with Gasteiger partial charge in [-0.05, 0) is 18.8 Å². The van der Waals surface area contributed by atoms with Crippen molar-refractivity contribution in [3.63, 3.8) is 0 Å². The van der Waals surface area contributed by atoms with Gasteiger partial charge in [0, 0.05) is 6.54 Å². The van der Waals surface area contributed by atoms with Crippen molar-refractivity contribution in [3.05, 3.63) is 0 Å². The first-order chi connectivity index (χ1) is 6.43. The van der Waals surface area contributed by atoms with Gasteiger partial charge in [-0.3, -0.25) is 4.79 Å². The number of esters is 1. The van der Waals surface area contributed by atoms with Crippen molar-refractivity contribution in [2.45, 2.75) is 34.1 Å². The molecule has 0 aromatic rings. The zero-order valence-electron chi connectivity index (χ0n) is 9.35. The monoisotopic (exact) mass is 201 g/mol. The largest absolute Gasteiger partial charge is 0.459 e. The van der Waals surface area contributed by atoms with Crippen LogP contribution >= 0.6 is 0 Å². The Hall–Kier alpha value is -1.06. The smallest absolute Gasteiger partial charge is 0.396 e. The van der Waals surface area contributed by atoms with E-state index in [4.69, 9.17) is 0 Å². The average molecular weight is 201 g/mol. The molecule has 82 valence electrons. The Labute approximate surface area is 85.0 Å². The lowest BCUT2D eigenvalue weighted by molar-refractivity contribution is -0.154. The molecule has 0 fully saturated rings. The second-order valence-corrected chi connectivity index (χ2v) is 3.92. The summed E-state index contributed by atoms with van der Waals surface area (Å²) in [7, 11) is 0. The van der Waals surface area contributed by atoms with Crippen LogP contribution in [0.3, 0.4) is 0 Å². The molecule has 1 amide bonds. The fraction of sp³-hybridized carbons (Fsp3) is 0.800. The summed E-state index contributed by atoms with van der Waals surface area (Å²) in [5.41, 5.74) is 0.0160. The van der Waals surface area contributed by atoms with Gasteiger partial charge in [0.2, 0.25) is 0 Å². The van der Waals surface area contributed by atoms with Crippen molar-refractivity contribution in [1.82, 2.24) is 5.32 Å². The second kappa shape index (κ2) is 5.62. The molecule has 0 saturated carbocycles. The van der Waals surface area contributed by atoms with Crippen LogP contribution in [0.1, 0.15) is 34.1 Å². The topological polar surface area (TPSA) is 55.4 Å². The summed E-state index contributed by atoms with van der Waals surface area (Å²) >= 11 is 0. The van der Waals surface area contributed by atoms with Crippen molar-refractivity contribution in [2.75, 3.05) is 13.2 Å². The summed E-state index contributed by atoms with van der Waals surface area (Å²) in [6.45, 7) is 8.47. The van der Waals surface area contributed by atoms with Gasteiger partial charge in [0.05, 0.1) is 6.61 Å². The fourth-order valence-electron chi connectivity index (χ4n) is 0.713. The molecule has 0 aliphatic carbocycles. The van der Waals surface area contributed by atoms with E-state index >= 15 is 0 Å². The van der Waals surface area contributed by atoms with E-state index < -0.39 is 11.9 Å². The first-order valence-corrected chi connectivity index (χ1v) is 4.88. The lowest BCUT2D eigenvalue weighted by Crippen LogP contribution is -2.38. The minimum atomic E-state index is -0.806. The summed E-state index contributed by atoms with van der Waals surface area (Å²) in [5, 5.41) is 2.54. The molecule has 0 aliphatic heterocycles. The van der Waals surface area contributed by atoms with E-state index in [9.17, 15) is 9.59 Å². The highest BCUT2D eigenvalue weighted by molar-refractivity contribution is 6.32. The third-order valence-corrected chi connectivity index (χ3v) is 2.15. The highest BCUT2D eigenvalue weighted by Gasteiger charge is 2.20. The van der Waals surface area contributed by atoms with Crippen LogP contribution in [0, 0.1) is 5.41 Å². The van der Waals surface area contributed by atoms with E-state index in [2.05, 4.69) is 10.1 Å². The summed E-state index contributed by atoms with van der Waals surface area (Å²) in [6, 6.07) is 0. The van der Waals surface area contributed by atoms with Gasteiger partial charge in [-0.1, -0.05) is 20.8 Å². The van der Waals surface area contributed by atoms with Crippen LogP contribution in [0.4, 0.5) is 0 Å². The second-order valence-electron chi connectivity index (χ2n) is 3.92. The Morgan fingerprint density at radius 1 is 1.29 bits per heavy atom. The van der Waals surface area contributed by atoms with Crippen LogP contribution in [0.5, 0.6) is 0 Å². The van der Waals surface area contributed by atoms with Crippen LogP contribution in [-0.2, 0) is 14.3 Å². The molecule has 1 N–H and O–H groups in total. The third-order valence-electron chi connectivity index (χ3n) is 2.15. The molecule has 0 aromatic carbocycles. The SMILES string of the molecule is CCOC(=O)C(=O)NCC(C)(C)CC. The molecule has 4 heteroatoms. The van der Waals surface area contributed by atoms with E-state index in [1.807, 2.05) is 20.8 Å². The van der Waals surface area contributed by atoms with E-state index in [0.717, 1.165) is 6.42 Å². The number of nitrogens with one attached hydrogen (secondary N) is 1. The summed E-state index contributed by atoms with van der Waals surface area (Å²) in [4.78, 5) is 22.0. The lowest BCUT2D eigenvalue weighted by Gasteiger charge is -2.22. The minimum absolute atomic E-state index is 0.0160. The van der Waals surface area contributed by atoms with E-state index in [0.29, 0.717) is 6.54 Å². The Kier molecular flexibility index (Phi) is 5.20. The van der Waals surface area contributed by atoms with Gasteiger partial charge in [0.15, 0.2) is 0 Å². The quantitative estimate of drug-likeness (QED) is 0.547. The predicted molar refractivity (Wildman–Crippen MR) is 53.7 cm³/mol. The molecule has 0 aromatic heterocycles. The standard InChI is InChI=1S/C10H19NO3/c1-5-10(3,4)7-11-8(12)9(13)14-6-2/h5-7H2,1-4H3,(H,11,12). The number of amides is 1. The maximum absolute atomic E-state index is 11.1. The first-order valence-electron chi connectivity index (χ1n) is 4.88. The Morgan fingerprint density at radius 2 is 1.86 bits per heavy atom. The van der Waals surface area contributed by atoms with Crippen LogP contribution in [-0.4, -0.2) is 25.0 Å². The number of carbonyl (C=O) groups excluding carboxylic acids is 2. The molecule has 4 nitrogen and oxygen atoms in total. The number of carbonyl (C=O) groups is 2. The van der Waals surface area contributed by atoms with Crippen molar-refractivity contribution >= 4 is 11.9 Å². The molecule has 14 heavy (non-hydrogen) atoms. The van der Waals surface area contributed by atoms with Crippen LogP contribution in [0.25, 0.3) is 0 Å². The number of rotatable bonds is 4. The zero-order chi connectivity index (χ0) is 11.2. The molecular formula is C10H19NO3. The first kappa shape index (κ1) is 12.9. The molecule has 0 radical (unpaired) electrons. The van der Waals surface area contributed by atoms with Gasteiger partial charge in [-0.2, -0.15) is 0 Å². The molecule has 0 atom stereocenters. The van der Waals surface area contributed by atoms with Crippen molar-refractivity contribution in [2.24, 2.45) is 5.41 Å². The maximum atomic E-state index is 11.1. The molecule has 0 bridgehead atoms. The average Bonchev–Trinajstić information content (AvgIpc) is 2.15. The van der Waals surface area contributed by atoms with E-state index in [1.165, 1.54) is 0 Å². The molecule has 0 saturated heterocycles. The molecule has 0 heterocycles. The van der Waals surface area contributed by atoms with E-state index in [1.54, 1.807) is 6.92 Å². The Bertz CT molecular complexity index is 211. The van der Waals surface area contributed by atoms with Crippen LogP contribution < -0.4 is 5.32 Å². The summed E-state index contributed by atoms with van der Waals surface area (Å²) < 4.78 is 4.55. The Balaban J connectivity index is 3.91. The Morgan fingerprint density at radius 3 is 2.29 bits per heavy atom. The predicted octanol–water partition coefficient (Wildman–Crippen LogP) is 1.10.